The highest BCUT2D eigenvalue weighted by molar-refractivity contribution is 5.92. The van der Waals surface area contributed by atoms with Crippen LogP contribution in [0.5, 0.6) is 0 Å². The SMILES string of the molecule is CC(C)C(=O)Nc1ccc(-c2nnc(-c3ccc(C(C)(C)C)cc3)o2)cc1. The lowest BCUT2D eigenvalue weighted by Gasteiger charge is -2.18. The average molecular weight is 363 g/mol. The molecule has 5 nitrogen and oxygen atoms in total. The average Bonchev–Trinajstić information content (AvgIpc) is 3.12. The molecule has 0 aliphatic carbocycles. The van der Waals surface area contributed by atoms with E-state index >= 15 is 0 Å². The van der Waals surface area contributed by atoms with Crippen LogP contribution < -0.4 is 5.32 Å². The van der Waals surface area contributed by atoms with Gasteiger partial charge in [-0.2, -0.15) is 0 Å². The number of benzene rings is 2. The van der Waals surface area contributed by atoms with Gasteiger partial charge in [-0.1, -0.05) is 46.8 Å². The second-order valence-corrected chi connectivity index (χ2v) is 7.96. The summed E-state index contributed by atoms with van der Waals surface area (Å²) in [5.41, 5.74) is 3.80. The van der Waals surface area contributed by atoms with Gasteiger partial charge in [-0.3, -0.25) is 4.79 Å². The number of aromatic nitrogens is 2. The molecule has 0 radical (unpaired) electrons. The third kappa shape index (κ3) is 4.42. The van der Waals surface area contributed by atoms with Gasteiger partial charge in [-0.25, -0.2) is 0 Å². The molecule has 1 heterocycles. The number of nitrogens with zero attached hydrogens (tertiary/aromatic N) is 2. The minimum atomic E-state index is -0.0622. The van der Waals surface area contributed by atoms with Gasteiger partial charge in [-0.15, -0.1) is 10.2 Å². The molecule has 0 aliphatic heterocycles. The fourth-order valence-electron chi connectivity index (χ4n) is 2.55. The lowest BCUT2D eigenvalue weighted by molar-refractivity contribution is -0.118. The number of carbonyl (C=O) groups excluding carboxylic acids is 1. The van der Waals surface area contributed by atoms with E-state index in [-0.39, 0.29) is 17.2 Å². The van der Waals surface area contributed by atoms with Crippen molar-refractivity contribution in [2.45, 2.75) is 40.0 Å². The fourth-order valence-corrected chi connectivity index (χ4v) is 2.55. The summed E-state index contributed by atoms with van der Waals surface area (Å²) in [4.78, 5) is 11.8. The highest BCUT2D eigenvalue weighted by Gasteiger charge is 2.15. The fraction of sp³-hybridized carbons (Fsp3) is 0.318. The van der Waals surface area contributed by atoms with Crippen molar-refractivity contribution in [2.75, 3.05) is 5.32 Å². The van der Waals surface area contributed by atoms with E-state index in [9.17, 15) is 4.79 Å². The monoisotopic (exact) mass is 363 g/mol. The summed E-state index contributed by atoms with van der Waals surface area (Å²) in [7, 11) is 0. The number of amides is 1. The first-order valence-electron chi connectivity index (χ1n) is 9.10. The zero-order valence-corrected chi connectivity index (χ0v) is 16.4. The summed E-state index contributed by atoms with van der Waals surface area (Å²) >= 11 is 0. The normalized spacial score (nSPS) is 11.6. The molecule has 0 bridgehead atoms. The van der Waals surface area contributed by atoms with Crippen LogP contribution in [0, 0.1) is 5.92 Å². The van der Waals surface area contributed by atoms with Crippen LogP contribution in [0.4, 0.5) is 5.69 Å². The van der Waals surface area contributed by atoms with Crippen molar-refractivity contribution in [1.82, 2.24) is 10.2 Å². The van der Waals surface area contributed by atoms with Gasteiger partial charge in [-0.05, 0) is 47.4 Å². The predicted molar refractivity (Wildman–Crippen MR) is 107 cm³/mol. The Labute approximate surface area is 159 Å². The molecule has 0 saturated heterocycles. The van der Waals surface area contributed by atoms with E-state index in [0.717, 1.165) is 16.8 Å². The molecule has 1 aromatic heterocycles. The molecule has 0 atom stereocenters. The molecule has 1 amide bonds. The third-order valence-corrected chi connectivity index (χ3v) is 4.35. The van der Waals surface area contributed by atoms with Crippen LogP contribution in [0.2, 0.25) is 0 Å². The first kappa shape index (κ1) is 18.8. The van der Waals surface area contributed by atoms with Crippen molar-refractivity contribution in [3.05, 3.63) is 54.1 Å². The van der Waals surface area contributed by atoms with Gasteiger partial charge in [0.1, 0.15) is 0 Å². The van der Waals surface area contributed by atoms with Crippen molar-refractivity contribution in [3.8, 4) is 22.9 Å². The smallest absolute Gasteiger partial charge is 0.248 e. The van der Waals surface area contributed by atoms with Gasteiger partial charge in [0.05, 0.1) is 0 Å². The molecule has 0 saturated carbocycles. The van der Waals surface area contributed by atoms with E-state index in [4.69, 9.17) is 4.42 Å². The van der Waals surface area contributed by atoms with Crippen molar-refractivity contribution in [2.24, 2.45) is 5.92 Å². The minimum absolute atomic E-state index is 0.0125. The van der Waals surface area contributed by atoms with E-state index in [0.29, 0.717) is 11.8 Å². The Kier molecular flexibility index (Phi) is 5.13. The van der Waals surface area contributed by atoms with Gasteiger partial charge in [0.2, 0.25) is 17.7 Å². The van der Waals surface area contributed by atoms with E-state index in [1.807, 2.05) is 50.2 Å². The van der Waals surface area contributed by atoms with Crippen molar-refractivity contribution in [3.63, 3.8) is 0 Å². The van der Waals surface area contributed by atoms with Crippen LogP contribution in [0.3, 0.4) is 0 Å². The molecule has 0 spiro atoms. The first-order chi connectivity index (χ1) is 12.7. The Morgan fingerprint density at radius 2 is 1.37 bits per heavy atom. The zero-order valence-electron chi connectivity index (χ0n) is 16.4. The molecule has 2 aromatic carbocycles. The van der Waals surface area contributed by atoms with E-state index in [2.05, 4.69) is 48.4 Å². The Balaban J connectivity index is 1.76. The van der Waals surface area contributed by atoms with Crippen LogP contribution in [0.25, 0.3) is 22.9 Å². The van der Waals surface area contributed by atoms with Crippen LogP contribution in [-0.4, -0.2) is 16.1 Å². The van der Waals surface area contributed by atoms with Crippen LogP contribution >= 0.6 is 0 Å². The van der Waals surface area contributed by atoms with E-state index in [1.54, 1.807) is 0 Å². The van der Waals surface area contributed by atoms with E-state index < -0.39 is 0 Å². The summed E-state index contributed by atoms with van der Waals surface area (Å²) < 4.78 is 5.83. The summed E-state index contributed by atoms with van der Waals surface area (Å²) in [6.45, 7) is 10.3. The quantitative estimate of drug-likeness (QED) is 0.683. The highest BCUT2D eigenvalue weighted by atomic mass is 16.4. The topological polar surface area (TPSA) is 68.0 Å². The van der Waals surface area contributed by atoms with Crippen molar-refractivity contribution < 1.29 is 9.21 Å². The number of nitrogens with one attached hydrogen (secondary N) is 1. The maximum absolute atomic E-state index is 11.8. The Morgan fingerprint density at radius 3 is 1.81 bits per heavy atom. The highest BCUT2D eigenvalue weighted by Crippen LogP contribution is 2.28. The van der Waals surface area contributed by atoms with Gasteiger partial charge in [0, 0.05) is 22.7 Å². The number of rotatable bonds is 4. The molecule has 0 unspecified atom stereocenters. The van der Waals surface area contributed by atoms with Crippen molar-refractivity contribution in [1.29, 1.82) is 0 Å². The van der Waals surface area contributed by atoms with Crippen LogP contribution in [0.1, 0.15) is 40.2 Å². The maximum atomic E-state index is 11.8. The number of anilines is 1. The summed E-state index contributed by atoms with van der Waals surface area (Å²) in [6.07, 6.45) is 0. The second kappa shape index (κ2) is 7.35. The van der Waals surface area contributed by atoms with Gasteiger partial charge in [0.15, 0.2) is 0 Å². The lowest BCUT2D eigenvalue weighted by atomic mass is 9.87. The molecule has 0 fully saturated rings. The molecule has 0 aliphatic rings. The molecule has 3 aromatic rings. The predicted octanol–water partition coefficient (Wildman–Crippen LogP) is 5.30. The molecular weight excluding hydrogens is 338 g/mol. The van der Waals surface area contributed by atoms with Crippen molar-refractivity contribution >= 4 is 11.6 Å². The molecule has 27 heavy (non-hydrogen) atoms. The van der Waals surface area contributed by atoms with E-state index in [1.165, 1.54) is 5.56 Å². The van der Waals surface area contributed by atoms with Crippen LogP contribution in [0.15, 0.2) is 52.9 Å². The molecule has 1 N–H and O–H groups in total. The molecule has 140 valence electrons. The molecular formula is C22H25N3O2. The largest absolute Gasteiger partial charge is 0.416 e. The second-order valence-electron chi connectivity index (χ2n) is 7.96. The Bertz CT molecular complexity index is 917. The Hall–Kier alpha value is -2.95. The van der Waals surface area contributed by atoms with Crippen LogP contribution in [-0.2, 0) is 10.2 Å². The number of carbonyl (C=O) groups is 1. The number of hydrogen-bond acceptors (Lipinski definition) is 4. The maximum Gasteiger partial charge on any atom is 0.248 e. The lowest BCUT2D eigenvalue weighted by Crippen LogP contribution is -2.17. The third-order valence-electron chi connectivity index (χ3n) is 4.35. The summed E-state index contributed by atoms with van der Waals surface area (Å²) in [6, 6.07) is 15.6. The first-order valence-corrected chi connectivity index (χ1v) is 9.10. The zero-order chi connectivity index (χ0) is 19.6. The summed E-state index contributed by atoms with van der Waals surface area (Å²) in [5, 5.41) is 11.2. The van der Waals surface area contributed by atoms with Gasteiger partial charge < -0.3 is 9.73 Å². The number of hydrogen-bond donors (Lipinski definition) is 1. The Morgan fingerprint density at radius 1 is 0.889 bits per heavy atom. The molecule has 5 heteroatoms. The van der Waals surface area contributed by atoms with Gasteiger partial charge >= 0.3 is 0 Å². The standard InChI is InChI=1S/C22H25N3O2/c1-14(2)19(26)23-18-12-8-16(9-13-18)21-25-24-20(27-21)15-6-10-17(11-7-15)22(3,4)5/h6-14H,1-5H3,(H,23,26). The molecule has 3 rings (SSSR count). The summed E-state index contributed by atoms with van der Waals surface area (Å²) in [5.74, 6) is 0.864. The minimum Gasteiger partial charge on any atom is -0.416 e. The van der Waals surface area contributed by atoms with Gasteiger partial charge in [0.25, 0.3) is 0 Å².